The molecule has 0 saturated heterocycles. The number of sulfone groups is 1. The Hall–Kier alpha value is -3.50. The highest BCUT2D eigenvalue weighted by Gasteiger charge is 2.13. The Morgan fingerprint density at radius 3 is 2.50 bits per heavy atom. The fourth-order valence-electron chi connectivity index (χ4n) is 3.13. The summed E-state index contributed by atoms with van der Waals surface area (Å²) in [6.07, 6.45) is 4.06. The highest BCUT2D eigenvalue weighted by Crippen LogP contribution is 2.33. The molecular weight excluding hydrogens is 432 g/mol. The van der Waals surface area contributed by atoms with Crippen molar-refractivity contribution < 1.29 is 22.6 Å². The molecule has 4 aromatic rings. The van der Waals surface area contributed by atoms with Gasteiger partial charge in [-0.2, -0.15) is 0 Å². The minimum absolute atomic E-state index is 0.182. The summed E-state index contributed by atoms with van der Waals surface area (Å²) in [5, 5.41) is 0. The van der Waals surface area contributed by atoms with Gasteiger partial charge in [0.15, 0.2) is 15.5 Å². The second kappa shape index (κ2) is 8.93. The molecule has 0 radical (unpaired) electrons. The lowest BCUT2D eigenvalue weighted by atomic mass is 10.2. The van der Waals surface area contributed by atoms with E-state index in [0.717, 1.165) is 11.8 Å². The summed E-state index contributed by atoms with van der Waals surface area (Å²) in [4.78, 5) is 16.1. The highest BCUT2D eigenvalue weighted by molar-refractivity contribution is 7.90. The van der Waals surface area contributed by atoms with Crippen molar-refractivity contribution in [1.29, 1.82) is 0 Å². The monoisotopic (exact) mass is 454 g/mol. The van der Waals surface area contributed by atoms with Crippen LogP contribution in [0.1, 0.15) is 6.92 Å². The number of benzene rings is 2. The van der Waals surface area contributed by atoms with Crippen molar-refractivity contribution in [2.45, 2.75) is 17.9 Å². The van der Waals surface area contributed by atoms with Crippen LogP contribution in [-0.4, -0.2) is 54.4 Å². The maximum absolute atomic E-state index is 11.7. The lowest BCUT2D eigenvalue weighted by molar-refractivity contribution is 0.0920. The largest absolute Gasteiger partial charge is 0.488 e. The van der Waals surface area contributed by atoms with Crippen molar-refractivity contribution in [2.24, 2.45) is 0 Å². The van der Waals surface area contributed by atoms with Crippen LogP contribution in [0.15, 0.2) is 59.9 Å². The van der Waals surface area contributed by atoms with Gasteiger partial charge in [-0.15, -0.1) is 0 Å². The molecule has 2 heterocycles. The first-order chi connectivity index (χ1) is 15.3. The van der Waals surface area contributed by atoms with E-state index >= 15 is 0 Å². The van der Waals surface area contributed by atoms with Crippen molar-refractivity contribution in [1.82, 2.24) is 19.9 Å². The second-order valence-corrected chi connectivity index (χ2v) is 9.28. The Labute approximate surface area is 185 Å². The third-order valence-electron chi connectivity index (χ3n) is 4.54. The fourth-order valence-corrected chi connectivity index (χ4v) is 3.76. The van der Waals surface area contributed by atoms with Crippen molar-refractivity contribution in [3.8, 4) is 28.6 Å². The topological polar surface area (TPSA) is 116 Å². The number of hydrogen-bond acceptors (Lipinski definition) is 8. The van der Waals surface area contributed by atoms with Crippen LogP contribution in [0.2, 0.25) is 0 Å². The van der Waals surface area contributed by atoms with Gasteiger partial charge in [-0.25, -0.2) is 23.4 Å². The number of rotatable bonds is 8. The van der Waals surface area contributed by atoms with Gasteiger partial charge in [-0.3, -0.25) is 0 Å². The molecule has 2 aromatic heterocycles. The van der Waals surface area contributed by atoms with E-state index in [1.807, 2.05) is 19.1 Å². The fraction of sp³-hybridized carbons (Fsp3) is 0.227. The third kappa shape index (κ3) is 5.04. The van der Waals surface area contributed by atoms with Gasteiger partial charge < -0.3 is 19.2 Å². The van der Waals surface area contributed by atoms with E-state index in [1.165, 1.54) is 18.5 Å². The van der Waals surface area contributed by atoms with E-state index in [0.29, 0.717) is 40.8 Å². The minimum atomic E-state index is -3.28. The van der Waals surface area contributed by atoms with E-state index in [9.17, 15) is 8.42 Å². The number of ether oxygens (including phenoxy) is 3. The Balaban J connectivity index is 1.69. The summed E-state index contributed by atoms with van der Waals surface area (Å²) in [6, 6.07) is 11.6. The zero-order chi connectivity index (χ0) is 22.7. The molecule has 0 saturated carbocycles. The number of fused-ring (bicyclic) bond motifs is 1. The molecule has 10 heteroatoms. The zero-order valence-electron chi connectivity index (χ0n) is 17.8. The quantitative estimate of drug-likeness (QED) is 0.429. The average molecular weight is 455 g/mol. The number of nitrogens with zero attached hydrogens (tertiary/aromatic N) is 3. The zero-order valence-corrected chi connectivity index (χ0v) is 18.6. The first kappa shape index (κ1) is 21.7. The first-order valence-corrected chi connectivity index (χ1v) is 11.7. The van der Waals surface area contributed by atoms with Crippen LogP contribution in [0.5, 0.6) is 17.2 Å². The van der Waals surface area contributed by atoms with Crippen LogP contribution in [0.3, 0.4) is 0 Å². The molecular formula is C22H22N4O5S. The molecule has 2 aromatic carbocycles. The molecule has 4 rings (SSSR count). The van der Waals surface area contributed by atoms with Crippen LogP contribution in [0.4, 0.5) is 0 Å². The number of imidazole rings is 1. The Bertz CT molecular complexity index is 1300. The number of hydrogen-bond donors (Lipinski definition) is 1. The first-order valence-electron chi connectivity index (χ1n) is 9.76. The summed E-state index contributed by atoms with van der Waals surface area (Å²) in [5.74, 6) is 2.14. The standard InChI is InChI=1S/C22H22N4O5S/c1-14(12-29-2)30-17-8-15(21-25-20-11-23-13-24-22(20)26-21)9-18(10-17)31-16-4-6-19(7-5-16)32(3,27)28/h4-11,13-14H,12H2,1-3H3,(H,23,24,25,26)/t14-/m0/s1. The molecule has 0 unspecified atom stereocenters. The molecule has 0 amide bonds. The van der Waals surface area contributed by atoms with Crippen LogP contribution in [0, 0.1) is 0 Å². The van der Waals surface area contributed by atoms with Gasteiger partial charge in [-0.05, 0) is 43.3 Å². The van der Waals surface area contributed by atoms with Gasteiger partial charge in [-0.1, -0.05) is 0 Å². The van der Waals surface area contributed by atoms with E-state index in [-0.39, 0.29) is 11.0 Å². The van der Waals surface area contributed by atoms with Gasteiger partial charge >= 0.3 is 0 Å². The number of aromatic amines is 1. The Kier molecular flexibility index (Phi) is 6.06. The molecule has 0 aliphatic rings. The average Bonchev–Trinajstić information content (AvgIpc) is 3.18. The molecule has 1 N–H and O–H groups in total. The predicted octanol–water partition coefficient (Wildman–Crippen LogP) is 3.63. The molecule has 32 heavy (non-hydrogen) atoms. The van der Waals surface area contributed by atoms with Crippen LogP contribution in [0.25, 0.3) is 22.6 Å². The smallest absolute Gasteiger partial charge is 0.175 e. The molecule has 166 valence electrons. The lowest BCUT2D eigenvalue weighted by Gasteiger charge is -2.16. The van der Waals surface area contributed by atoms with Crippen molar-refractivity contribution in [3.63, 3.8) is 0 Å². The molecule has 0 aliphatic heterocycles. The van der Waals surface area contributed by atoms with Gasteiger partial charge in [0.1, 0.15) is 41.0 Å². The summed E-state index contributed by atoms with van der Waals surface area (Å²) in [7, 11) is -1.67. The van der Waals surface area contributed by atoms with Crippen LogP contribution >= 0.6 is 0 Å². The van der Waals surface area contributed by atoms with Gasteiger partial charge in [0.25, 0.3) is 0 Å². The number of aromatic nitrogens is 4. The number of H-pyrrole nitrogens is 1. The van der Waals surface area contributed by atoms with E-state index < -0.39 is 9.84 Å². The lowest BCUT2D eigenvalue weighted by Crippen LogP contribution is -2.17. The second-order valence-electron chi connectivity index (χ2n) is 7.26. The maximum Gasteiger partial charge on any atom is 0.175 e. The predicted molar refractivity (Wildman–Crippen MR) is 119 cm³/mol. The summed E-state index contributed by atoms with van der Waals surface area (Å²) in [5.41, 5.74) is 1.99. The third-order valence-corrected chi connectivity index (χ3v) is 5.67. The Morgan fingerprint density at radius 1 is 1.06 bits per heavy atom. The normalized spacial score (nSPS) is 12.6. The Morgan fingerprint density at radius 2 is 1.81 bits per heavy atom. The molecule has 0 fully saturated rings. The van der Waals surface area contributed by atoms with Gasteiger partial charge in [0.2, 0.25) is 0 Å². The number of nitrogens with one attached hydrogen (secondary N) is 1. The van der Waals surface area contributed by atoms with Gasteiger partial charge in [0, 0.05) is 25.0 Å². The molecule has 0 aliphatic carbocycles. The van der Waals surface area contributed by atoms with Gasteiger partial charge in [0.05, 0.1) is 17.7 Å². The molecule has 0 spiro atoms. The highest BCUT2D eigenvalue weighted by atomic mass is 32.2. The van der Waals surface area contributed by atoms with Crippen LogP contribution in [-0.2, 0) is 14.6 Å². The van der Waals surface area contributed by atoms with Crippen molar-refractivity contribution in [2.75, 3.05) is 20.0 Å². The van der Waals surface area contributed by atoms with E-state index in [1.54, 1.807) is 31.5 Å². The van der Waals surface area contributed by atoms with Crippen LogP contribution < -0.4 is 9.47 Å². The van der Waals surface area contributed by atoms with Crippen molar-refractivity contribution in [3.05, 3.63) is 55.0 Å². The van der Waals surface area contributed by atoms with E-state index in [4.69, 9.17) is 14.2 Å². The summed E-state index contributed by atoms with van der Waals surface area (Å²) >= 11 is 0. The minimum Gasteiger partial charge on any atom is -0.488 e. The summed E-state index contributed by atoms with van der Waals surface area (Å²) in [6.45, 7) is 2.32. The number of methoxy groups -OCH3 is 1. The maximum atomic E-state index is 11.7. The van der Waals surface area contributed by atoms with Crippen molar-refractivity contribution >= 4 is 21.0 Å². The molecule has 9 nitrogen and oxygen atoms in total. The molecule has 0 bridgehead atoms. The van der Waals surface area contributed by atoms with E-state index in [2.05, 4.69) is 19.9 Å². The summed E-state index contributed by atoms with van der Waals surface area (Å²) < 4.78 is 40.5. The SMILES string of the molecule is COC[C@H](C)Oc1cc(Oc2ccc(S(C)(=O)=O)cc2)cc(-c2nc3cncnc3[nH]2)c1. The molecule has 1 atom stereocenters.